The van der Waals surface area contributed by atoms with Crippen LogP contribution in [0.25, 0.3) is 0 Å². The van der Waals surface area contributed by atoms with Crippen LogP contribution in [0.15, 0.2) is 22.7 Å². The molecule has 0 amide bonds. The molecule has 0 spiro atoms. The van der Waals surface area contributed by atoms with E-state index in [-0.39, 0.29) is 12.1 Å². The van der Waals surface area contributed by atoms with Crippen molar-refractivity contribution in [1.82, 2.24) is 5.32 Å². The molecule has 0 radical (unpaired) electrons. The third kappa shape index (κ3) is 3.30. The topological polar surface area (TPSA) is 30.5 Å². The number of nitrogens with one attached hydrogen (secondary N) is 1. The van der Waals surface area contributed by atoms with E-state index in [4.69, 9.17) is 9.47 Å². The highest BCUT2D eigenvalue weighted by atomic mass is 79.9. The van der Waals surface area contributed by atoms with Crippen LogP contribution in [-0.4, -0.2) is 26.4 Å². The van der Waals surface area contributed by atoms with E-state index in [1.165, 1.54) is 5.56 Å². The molecule has 1 aromatic carbocycles. The van der Waals surface area contributed by atoms with Gasteiger partial charge in [-0.3, -0.25) is 0 Å². The van der Waals surface area contributed by atoms with Gasteiger partial charge in [0.2, 0.25) is 0 Å². The molecule has 19 heavy (non-hydrogen) atoms. The van der Waals surface area contributed by atoms with Gasteiger partial charge in [0.25, 0.3) is 0 Å². The Morgan fingerprint density at radius 2 is 2.32 bits per heavy atom. The molecule has 1 saturated heterocycles. The molecule has 3 nitrogen and oxygen atoms in total. The number of rotatable bonds is 5. The van der Waals surface area contributed by atoms with Gasteiger partial charge in [-0.15, -0.1) is 0 Å². The first-order valence-electron chi connectivity index (χ1n) is 6.88. The largest absolute Gasteiger partial charge is 0.494 e. The number of hydrogen-bond acceptors (Lipinski definition) is 3. The van der Waals surface area contributed by atoms with Crippen LogP contribution in [0.2, 0.25) is 0 Å². The van der Waals surface area contributed by atoms with E-state index >= 15 is 0 Å². The highest BCUT2D eigenvalue weighted by Gasteiger charge is 2.33. The maximum absolute atomic E-state index is 5.77. The Hall–Kier alpha value is -0.580. The van der Waals surface area contributed by atoms with Gasteiger partial charge in [-0.05, 0) is 45.5 Å². The van der Waals surface area contributed by atoms with E-state index in [2.05, 4.69) is 34.2 Å². The number of benzene rings is 1. The molecule has 3 unspecified atom stereocenters. The fourth-order valence-electron chi connectivity index (χ4n) is 2.84. The normalized spacial score (nSPS) is 24.4. The van der Waals surface area contributed by atoms with Crippen molar-refractivity contribution in [3.05, 3.63) is 28.2 Å². The summed E-state index contributed by atoms with van der Waals surface area (Å²) in [6.07, 6.45) is 1.37. The number of ether oxygens (including phenoxy) is 2. The molecular formula is C15H22BrNO2. The third-order valence-electron chi connectivity index (χ3n) is 3.78. The lowest BCUT2D eigenvalue weighted by Gasteiger charge is -2.27. The van der Waals surface area contributed by atoms with Crippen molar-refractivity contribution >= 4 is 15.9 Å². The smallest absolute Gasteiger partial charge is 0.124 e. The average molecular weight is 328 g/mol. The molecule has 2 rings (SSSR count). The molecule has 0 aromatic heterocycles. The van der Waals surface area contributed by atoms with Crippen LogP contribution in [0.1, 0.15) is 31.9 Å². The SMILES string of the molecule is CCOc1ccc(Br)cc1C(NC)C1CCOC1C. The summed E-state index contributed by atoms with van der Waals surface area (Å²) in [6.45, 7) is 5.70. The van der Waals surface area contributed by atoms with Crippen molar-refractivity contribution in [3.63, 3.8) is 0 Å². The maximum atomic E-state index is 5.77. The van der Waals surface area contributed by atoms with Crippen molar-refractivity contribution < 1.29 is 9.47 Å². The fourth-order valence-corrected chi connectivity index (χ4v) is 3.21. The van der Waals surface area contributed by atoms with Gasteiger partial charge in [0.05, 0.1) is 12.7 Å². The first kappa shape index (κ1) is 14.8. The monoisotopic (exact) mass is 327 g/mol. The minimum atomic E-state index is 0.261. The average Bonchev–Trinajstić information content (AvgIpc) is 2.80. The molecular weight excluding hydrogens is 306 g/mol. The Balaban J connectivity index is 2.33. The third-order valence-corrected chi connectivity index (χ3v) is 4.27. The minimum Gasteiger partial charge on any atom is -0.494 e. The van der Waals surface area contributed by atoms with E-state index in [0.29, 0.717) is 12.5 Å². The Morgan fingerprint density at radius 3 is 2.89 bits per heavy atom. The maximum Gasteiger partial charge on any atom is 0.124 e. The van der Waals surface area contributed by atoms with Crippen LogP contribution in [0.3, 0.4) is 0 Å². The molecule has 1 heterocycles. The zero-order chi connectivity index (χ0) is 13.8. The Labute approximate surface area is 123 Å². The van der Waals surface area contributed by atoms with Gasteiger partial charge in [-0.2, -0.15) is 0 Å². The first-order valence-corrected chi connectivity index (χ1v) is 7.67. The van der Waals surface area contributed by atoms with E-state index in [0.717, 1.165) is 23.2 Å². The molecule has 1 fully saturated rings. The van der Waals surface area contributed by atoms with Gasteiger partial charge in [-0.25, -0.2) is 0 Å². The molecule has 1 aromatic rings. The van der Waals surface area contributed by atoms with Crippen molar-refractivity contribution in [2.45, 2.75) is 32.4 Å². The molecule has 4 heteroatoms. The lowest BCUT2D eigenvalue weighted by atomic mass is 9.88. The van der Waals surface area contributed by atoms with Crippen molar-refractivity contribution in [1.29, 1.82) is 0 Å². The molecule has 106 valence electrons. The predicted octanol–water partition coefficient (Wildman–Crippen LogP) is 3.53. The van der Waals surface area contributed by atoms with Gasteiger partial charge in [-0.1, -0.05) is 15.9 Å². The highest BCUT2D eigenvalue weighted by molar-refractivity contribution is 9.10. The van der Waals surface area contributed by atoms with Crippen LogP contribution in [0, 0.1) is 5.92 Å². The second-order valence-corrected chi connectivity index (χ2v) is 5.83. The van der Waals surface area contributed by atoms with Gasteiger partial charge < -0.3 is 14.8 Å². The van der Waals surface area contributed by atoms with E-state index in [1.54, 1.807) is 0 Å². The highest BCUT2D eigenvalue weighted by Crippen LogP contribution is 2.38. The first-order chi connectivity index (χ1) is 9.17. The number of hydrogen-bond donors (Lipinski definition) is 1. The standard InChI is InChI=1S/C15H22BrNO2/c1-4-18-14-6-5-11(16)9-13(14)15(17-3)12-7-8-19-10(12)2/h5-6,9-10,12,15,17H,4,7-8H2,1-3H3. The second-order valence-electron chi connectivity index (χ2n) is 4.91. The van der Waals surface area contributed by atoms with Crippen molar-refractivity contribution in [3.8, 4) is 5.75 Å². The second kappa shape index (κ2) is 6.73. The molecule has 0 aliphatic carbocycles. The Kier molecular flexibility index (Phi) is 5.25. The van der Waals surface area contributed by atoms with Crippen LogP contribution in [0.5, 0.6) is 5.75 Å². The quantitative estimate of drug-likeness (QED) is 0.897. The van der Waals surface area contributed by atoms with Crippen molar-refractivity contribution in [2.75, 3.05) is 20.3 Å². The molecule has 0 saturated carbocycles. The zero-order valence-electron chi connectivity index (χ0n) is 11.8. The summed E-state index contributed by atoms with van der Waals surface area (Å²) in [4.78, 5) is 0. The summed E-state index contributed by atoms with van der Waals surface area (Å²) in [5, 5.41) is 3.44. The molecule has 1 N–H and O–H groups in total. The Bertz CT molecular complexity index is 425. The van der Waals surface area contributed by atoms with Gasteiger partial charge in [0.15, 0.2) is 0 Å². The predicted molar refractivity (Wildman–Crippen MR) is 80.6 cm³/mol. The van der Waals surface area contributed by atoms with Crippen LogP contribution >= 0.6 is 15.9 Å². The molecule has 1 aliphatic heterocycles. The summed E-state index contributed by atoms with van der Waals surface area (Å²) in [5.41, 5.74) is 1.21. The van der Waals surface area contributed by atoms with Gasteiger partial charge in [0.1, 0.15) is 5.75 Å². The summed E-state index contributed by atoms with van der Waals surface area (Å²) in [7, 11) is 2.01. The summed E-state index contributed by atoms with van der Waals surface area (Å²) in [6, 6.07) is 6.47. The van der Waals surface area contributed by atoms with Gasteiger partial charge in [0, 0.05) is 28.6 Å². The fraction of sp³-hybridized carbons (Fsp3) is 0.600. The van der Waals surface area contributed by atoms with Crippen LogP contribution < -0.4 is 10.1 Å². The number of halogens is 1. The van der Waals surface area contributed by atoms with E-state index < -0.39 is 0 Å². The van der Waals surface area contributed by atoms with Crippen LogP contribution in [0.4, 0.5) is 0 Å². The Morgan fingerprint density at radius 1 is 1.53 bits per heavy atom. The summed E-state index contributed by atoms with van der Waals surface area (Å²) < 4.78 is 12.6. The van der Waals surface area contributed by atoms with Crippen molar-refractivity contribution in [2.24, 2.45) is 5.92 Å². The molecule has 3 atom stereocenters. The van der Waals surface area contributed by atoms with E-state index in [1.807, 2.05) is 26.1 Å². The summed E-state index contributed by atoms with van der Waals surface area (Å²) in [5.74, 6) is 1.45. The van der Waals surface area contributed by atoms with Gasteiger partial charge >= 0.3 is 0 Å². The van der Waals surface area contributed by atoms with E-state index in [9.17, 15) is 0 Å². The summed E-state index contributed by atoms with van der Waals surface area (Å²) >= 11 is 3.55. The molecule has 1 aliphatic rings. The van der Waals surface area contributed by atoms with Crippen LogP contribution in [-0.2, 0) is 4.74 Å². The zero-order valence-corrected chi connectivity index (χ0v) is 13.4. The minimum absolute atomic E-state index is 0.261. The lowest BCUT2D eigenvalue weighted by Crippen LogP contribution is -2.30. The molecule has 0 bridgehead atoms. The lowest BCUT2D eigenvalue weighted by molar-refractivity contribution is 0.0959.